The summed E-state index contributed by atoms with van der Waals surface area (Å²) in [6.45, 7) is 0.255. The number of nitrogens with zero attached hydrogens (tertiary/aromatic N) is 2. The lowest BCUT2D eigenvalue weighted by atomic mass is 10.4. The van der Waals surface area contributed by atoms with Crippen LogP contribution in [0.4, 0.5) is 11.5 Å². The molecule has 0 aliphatic carbocycles. The minimum Gasteiger partial charge on any atom is -0.383 e. The van der Waals surface area contributed by atoms with Crippen LogP contribution in [0.1, 0.15) is 5.76 Å². The van der Waals surface area contributed by atoms with Gasteiger partial charge in [-0.15, -0.1) is 0 Å². The Balaban J connectivity index is 2.30. The molecular formula is C9H11N5O3. The maximum absolute atomic E-state index is 11.5. The molecule has 8 nitrogen and oxygen atoms in total. The molecule has 0 spiro atoms. The van der Waals surface area contributed by atoms with Crippen molar-refractivity contribution in [3.63, 3.8) is 0 Å². The van der Waals surface area contributed by atoms with Crippen LogP contribution in [0.3, 0.4) is 0 Å². The van der Waals surface area contributed by atoms with Crippen LogP contribution in [0.25, 0.3) is 0 Å². The minimum absolute atomic E-state index is 0.0678. The maximum atomic E-state index is 11.5. The lowest BCUT2D eigenvalue weighted by Crippen LogP contribution is -2.32. The molecule has 0 aromatic carbocycles. The summed E-state index contributed by atoms with van der Waals surface area (Å²) in [5.41, 5.74) is 4.66. The van der Waals surface area contributed by atoms with Crippen molar-refractivity contribution in [2.75, 3.05) is 11.1 Å². The van der Waals surface area contributed by atoms with Crippen LogP contribution >= 0.6 is 0 Å². The summed E-state index contributed by atoms with van der Waals surface area (Å²) in [5, 5.41) is 6.31. The van der Waals surface area contributed by atoms with Gasteiger partial charge in [-0.1, -0.05) is 5.16 Å². The molecular weight excluding hydrogens is 226 g/mol. The van der Waals surface area contributed by atoms with E-state index in [1.54, 1.807) is 6.07 Å². The van der Waals surface area contributed by atoms with E-state index in [1.807, 2.05) is 0 Å². The van der Waals surface area contributed by atoms with E-state index in [0.29, 0.717) is 5.76 Å². The van der Waals surface area contributed by atoms with Gasteiger partial charge in [0.15, 0.2) is 5.76 Å². The first kappa shape index (κ1) is 11.0. The zero-order chi connectivity index (χ0) is 12.4. The fraction of sp³-hybridized carbons (Fsp3) is 0.222. The molecule has 0 aliphatic rings. The second-order valence-electron chi connectivity index (χ2n) is 3.41. The first-order valence-corrected chi connectivity index (χ1v) is 4.82. The molecule has 2 heterocycles. The topological polar surface area (TPSA) is 119 Å². The molecule has 2 aromatic rings. The van der Waals surface area contributed by atoms with Gasteiger partial charge in [0.05, 0.1) is 12.7 Å². The third kappa shape index (κ3) is 2.05. The van der Waals surface area contributed by atoms with Crippen LogP contribution in [-0.4, -0.2) is 14.7 Å². The van der Waals surface area contributed by atoms with Gasteiger partial charge in [0.25, 0.3) is 5.56 Å². The first-order valence-electron chi connectivity index (χ1n) is 4.82. The average molecular weight is 237 g/mol. The SMILES string of the molecule is Cn1c(N)c(NCc2ccno2)c(=O)[nH]c1=O. The Bertz CT molecular complexity index is 625. The molecule has 17 heavy (non-hydrogen) atoms. The zero-order valence-corrected chi connectivity index (χ0v) is 9.06. The van der Waals surface area contributed by atoms with Gasteiger partial charge in [-0.2, -0.15) is 0 Å². The molecule has 0 atom stereocenters. The lowest BCUT2D eigenvalue weighted by molar-refractivity contribution is 0.388. The summed E-state index contributed by atoms with van der Waals surface area (Å²) in [6.07, 6.45) is 1.49. The number of nitrogen functional groups attached to an aromatic ring is 1. The Morgan fingerprint density at radius 1 is 1.59 bits per heavy atom. The highest BCUT2D eigenvalue weighted by Gasteiger charge is 2.09. The van der Waals surface area contributed by atoms with Crippen molar-refractivity contribution in [3.8, 4) is 0 Å². The van der Waals surface area contributed by atoms with Gasteiger partial charge < -0.3 is 15.6 Å². The van der Waals surface area contributed by atoms with E-state index in [2.05, 4.69) is 15.5 Å². The number of rotatable bonds is 3. The van der Waals surface area contributed by atoms with Crippen LogP contribution in [0.15, 0.2) is 26.4 Å². The summed E-state index contributed by atoms with van der Waals surface area (Å²) < 4.78 is 6.00. The average Bonchev–Trinajstić information content (AvgIpc) is 2.79. The highest BCUT2D eigenvalue weighted by atomic mass is 16.5. The molecule has 0 radical (unpaired) electrons. The molecule has 2 aromatic heterocycles. The molecule has 0 aliphatic heterocycles. The molecule has 4 N–H and O–H groups in total. The largest absolute Gasteiger partial charge is 0.383 e. The highest BCUT2D eigenvalue weighted by Crippen LogP contribution is 2.10. The van der Waals surface area contributed by atoms with Gasteiger partial charge in [0, 0.05) is 13.1 Å². The Labute approximate surface area is 95.0 Å². The fourth-order valence-electron chi connectivity index (χ4n) is 1.32. The predicted octanol–water partition coefficient (Wildman–Crippen LogP) is -0.744. The number of aromatic amines is 1. The van der Waals surface area contributed by atoms with E-state index in [9.17, 15) is 9.59 Å². The van der Waals surface area contributed by atoms with Gasteiger partial charge in [0.1, 0.15) is 11.5 Å². The Morgan fingerprint density at radius 3 is 3.00 bits per heavy atom. The van der Waals surface area contributed by atoms with Crippen molar-refractivity contribution in [1.82, 2.24) is 14.7 Å². The monoisotopic (exact) mass is 237 g/mol. The molecule has 2 rings (SSSR count). The highest BCUT2D eigenvalue weighted by molar-refractivity contribution is 5.60. The smallest absolute Gasteiger partial charge is 0.329 e. The van der Waals surface area contributed by atoms with E-state index in [0.717, 1.165) is 4.57 Å². The van der Waals surface area contributed by atoms with Gasteiger partial charge >= 0.3 is 5.69 Å². The van der Waals surface area contributed by atoms with Crippen molar-refractivity contribution in [1.29, 1.82) is 0 Å². The maximum Gasteiger partial charge on any atom is 0.329 e. The van der Waals surface area contributed by atoms with Crippen LogP contribution in [0, 0.1) is 0 Å². The summed E-state index contributed by atoms with van der Waals surface area (Å²) in [5.74, 6) is 0.621. The van der Waals surface area contributed by atoms with E-state index >= 15 is 0 Å². The molecule has 8 heteroatoms. The van der Waals surface area contributed by atoms with Gasteiger partial charge in [-0.3, -0.25) is 14.3 Å². The van der Waals surface area contributed by atoms with Crippen molar-refractivity contribution < 1.29 is 4.52 Å². The number of hydrogen-bond donors (Lipinski definition) is 3. The van der Waals surface area contributed by atoms with Crippen molar-refractivity contribution in [3.05, 3.63) is 38.9 Å². The molecule has 0 bridgehead atoms. The van der Waals surface area contributed by atoms with E-state index in [4.69, 9.17) is 10.3 Å². The number of hydrogen-bond acceptors (Lipinski definition) is 6. The second-order valence-corrected chi connectivity index (χ2v) is 3.41. The predicted molar refractivity (Wildman–Crippen MR) is 60.5 cm³/mol. The fourth-order valence-corrected chi connectivity index (χ4v) is 1.32. The molecule has 90 valence electrons. The third-order valence-corrected chi connectivity index (χ3v) is 2.30. The number of aromatic nitrogens is 3. The summed E-state index contributed by atoms with van der Waals surface area (Å²) in [6, 6.07) is 1.65. The van der Waals surface area contributed by atoms with Crippen molar-refractivity contribution in [2.24, 2.45) is 7.05 Å². The van der Waals surface area contributed by atoms with Crippen molar-refractivity contribution >= 4 is 11.5 Å². The molecule has 0 amide bonds. The van der Waals surface area contributed by atoms with E-state index < -0.39 is 11.2 Å². The second kappa shape index (κ2) is 4.16. The van der Waals surface area contributed by atoms with Crippen LogP contribution in [0.5, 0.6) is 0 Å². The summed E-state index contributed by atoms with van der Waals surface area (Å²) in [4.78, 5) is 24.9. The van der Waals surface area contributed by atoms with E-state index in [1.165, 1.54) is 13.2 Å². The molecule has 0 unspecified atom stereocenters. The summed E-state index contributed by atoms with van der Waals surface area (Å²) in [7, 11) is 1.47. The molecule has 0 saturated heterocycles. The number of nitrogens with two attached hydrogens (primary N) is 1. The van der Waals surface area contributed by atoms with Crippen LogP contribution < -0.4 is 22.3 Å². The quantitative estimate of drug-likeness (QED) is 0.646. The Hall–Kier alpha value is -2.51. The first-order chi connectivity index (χ1) is 8.09. The lowest BCUT2D eigenvalue weighted by Gasteiger charge is -2.09. The number of anilines is 2. The van der Waals surface area contributed by atoms with Crippen molar-refractivity contribution in [2.45, 2.75) is 6.54 Å². The van der Waals surface area contributed by atoms with Crippen LogP contribution in [0.2, 0.25) is 0 Å². The third-order valence-electron chi connectivity index (χ3n) is 2.30. The Kier molecular flexibility index (Phi) is 2.69. The van der Waals surface area contributed by atoms with E-state index in [-0.39, 0.29) is 18.1 Å². The minimum atomic E-state index is -0.565. The normalized spacial score (nSPS) is 10.4. The zero-order valence-electron chi connectivity index (χ0n) is 9.06. The molecule has 0 fully saturated rings. The standard InChI is InChI=1S/C9H11N5O3/c1-14-7(10)6(8(15)13-9(14)16)11-4-5-2-3-12-17-5/h2-3,11H,4,10H2,1H3,(H,13,15,16). The Morgan fingerprint density at radius 2 is 2.35 bits per heavy atom. The molecule has 0 saturated carbocycles. The summed E-state index contributed by atoms with van der Waals surface area (Å²) >= 11 is 0. The van der Waals surface area contributed by atoms with Gasteiger partial charge in [-0.25, -0.2) is 4.79 Å². The number of nitrogens with one attached hydrogen (secondary N) is 2. The number of H-pyrrole nitrogens is 1. The van der Waals surface area contributed by atoms with Crippen LogP contribution in [-0.2, 0) is 13.6 Å². The van der Waals surface area contributed by atoms with Gasteiger partial charge in [-0.05, 0) is 0 Å². The van der Waals surface area contributed by atoms with Gasteiger partial charge in [0.2, 0.25) is 0 Å².